The maximum absolute atomic E-state index is 4.05. The van der Waals surface area contributed by atoms with Crippen molar-refractivity contribution in [2.75, 3.05) is 0 Å². The summed E-state index contributed by atoms with van der Waals surface area (Å²) in [5, 5.41) is 2.00. The molecule has 3 heteroatoms. The summed E-state index contributed by atoms with van der Waals surface area (Å²) >= 11 is 4.85. The predicted octanol–water partition coefficient (Wildman–Crippen LogP) is 3.24. The molecule has 0 bridgehead atoms. The van der Waals surface area contributed by atoms with Gasteiger partial charge in [0.1, 0.15) is 0 Å². The molecule has 0 saturated heterocycles. The van der Waals surface area contributed by atoms with Gasteiger partial charge >= 0.3 is 0 Å². The number of hydrogen-bond acceptors (Lipinski definition) is 2. The van der Waals surface area contributed by atoms with Gasteiger partial charge in [0.15, 0.2) is 3.92 Å². The second-order valence-corrected chi connectivity index (χ2v) is 3.38. The van der Waals surface area contributed by atoms with E-state index in [-0.39, 0.29) is 0 Å². The molecule has 0 unspecified atom stereocenters. The molecule has 0 radical (unpaired) electrons. The lowest BCUT2D eigenvalue weighted by Gasteiger charge is -1.69. The van der Waals surface area contributed by atoms with Gasteiger partial charge < -0.3 is 0 Å². The lowest BCUT2D eigenvalue weighted by Crippen LogP contribution is -1.63. The van der Waals surface area contributed by atoms with E-state index in [1.807, 2.05) is 26.2 Å². The van der Waals surface area contributed by atoms with Crippen molar-refractivity contribution in [2.24, 2.45) is 0 Å². The number of aryl methyl sites for hydroxylation is 1. The topological polar surface area (TPSA) is 12.9 Å². The summed E-state index contributed by atoms with van der Waals surface area (Å²) in [5.74, 6) is 0. The van der Waals surface area contributed by atoms with Gasteiger partial charge in [-0.2, -0.15) is 0 Å². The van der Waals surface area contributed by atoms with Crippen LogP contribution >= 0.6 is 27.3 Å². The van der Waals surface area contributed by atoms with Crippen LogP contribution in [0.1, 0.15) is 19.5 Å². The van der Waals surface area contributed by atoms with Crippen molar-refractivity contribution in [1.82, 2.24) is 4.98 Å². The minimum atomic E-state index is 0.963. The quantitative estimate of drug-likeness (QED) is 0.637. The summed E-state index contributed by atoms with van der Waals surface area (Å²) < 4.78 is 0.963. The minimum Gasteiger partial charge on any atom is -0.234 e. The number of aromatic nitrogens is 1. The zero-order valence-electron chi connectivity index (χ0n) is 5.81. The fourth-order valence-corrected chi connectivity index (χ4v) is 1.40. The first-order valence-electron chi connectivity index (χ1n) is 2.86. The van der Waals surface area contributed by atoms with Crippen LogP contribution in [0.5, 0.6) is 0 Å². The molecule has 0 atom stereocenters. The van der Waals surface area contributed by atoms with E-state index in [9.17, 15) is 0 Å². The van der Waals surface area contributed by atoms with Crippen LogP contribution in [0.2, 0.25) is 0 Å². The highest BCUT2D eigenvalue weighted by atomic mass is 79.9. The van der Waals surface area contributed by atoms with Crippen LogP contribution in [0, 0.1) is 6.92 Å². The Hall–Kier alpha value is 0.110. The second-order valence-electron chi connectivity index (χ2n) is 1.24. The highest BCUT2D eigenvalue weighted by Crippen LogP contribution is 2.14. The molecular formula is C6H10BrNS. The molecule has 52 valence electrons. The first-order valence-corrected chi connectivity index (χ1v) is 4.54. The monoisotopic (exact) mass is 207 g/mol. The Morgan fingerprint density at radius 1 is 1.56 bits per heavy atom. The molecule has 0 fully saturated rings. The molecule has 0 spiro atoms. The third-order valence-corrected chi connectivity index (χ3v) is 2.07. The van der Waals surface area contributed by atoms with Gasteiger partial charge in [-0.15, -0.1) is 11.3 Å². The van der Waals surface area contributed by atoms with E-state index in [4.69, 9.17) is 0 Å². The van der Waals surface area contributed by atoms with Gasteiger partial charge in [-0.25, -0.2) is 4.98 Å². The summed E-state index contributed by atoms with van der Waals surface area (Å²) in [7, 11) is 0. The van der Waals surface area contributed by atoms with Crippen molar-refractivity contribution in [2.45, 2.75) is 20.8 Å². The van der Waals surface area contributed by atoms with E-state index in [1.165, 1.54) is 0 Å². The van der Waals surface area contributed by atoms with Crippen molar-refractivity contribution in [3.63, 3.8) is 0 Å². The fraction of sp³-hybridized carbons (Fsp3) is 0.500. The normalized spacial score (nSPS) is 8.00. The average Bonchev–Trinajstić information content (AvgIpc) is 2.20. The fourth-order valence-electron chi connectivity index (χ4n) is 0.325. The van der Waals surface area contributed by atoms with Crippen molar-refractivity contribution < 1.29 is 0 Å². The average molecular weight is 208 g/mol. The van der Waals surface area contributed by atoms with Crippen LogP contribution in [0.4, 0.5) is 0 Å². The molecule has 0 N–H and O–H groups in total. The zero-order chi connectivity index (χ0) is 7.28. The van der Waals surface area contributed by atoms with E-state index in [0.29, 0.717) is 0 Å². The van der Waals surface area contributed by atoms with Gasteiger partial charge in [0.2, 0.25) is 0 Å². The van der Waals surface area contributed by atoms with Crippen LogP contribution in [0.3, 0.4) is 0 Å². The summed E-state index contributed by atoms with van der Waals surface area (Å²) in [5.41, 5.74) is 1.08. The van der Waals surface area contributed by atoms with Gasteiger partial charge in [-0.1, -0.05) is 13.8 Å². The lowest BCUT2D eigenvalue weighted by molar-refractivity contribution is 1.24. The maximum Gasteiger partial charge on any atom is 0.159 e. The summed E-state index contributed by atoms with van der Waals surface area (Å²) in [4.78, 5) is 4.05. The van der Waals surface area contributed by atoms with Gasteiger partial charge in [0.05, 0.1) is 0 Å². The Morgan fingerprint density at radius 3 is 2.22 bits per heavy atom. The SMILES string of the molecule is CC.Cc1csc(Br)n1. The Balaban J connectivity index is 0.000000291. The Kier molecular flexibility index (Phi) is 5.00. The van der Waals surface area contributed by atoms with E-state index < -0.39 is 0 Å². The van der Waals surface area contributed by atoms with E-state index >= 15 is 0 Å². The smallest absolute Gasteiger partial charge is 0.159 e. The van der Waals surface area contributed by atoms with Gasteiger partial charge in [0, 0.05) is 11.1 Å². The third kappa shape index (κ3) is 3.65. The van der Waals surface area contributed by atoms with Gasteiger partial charge in [0.25, 0.3) is 0 Å². The Morgan fingerprint density at radius 2 is 2.11 bits per heavy atom. The van der Waals surface area contributed by atoms with Gasteiger partial charge in [-0.05, 0) is 22.9 Å². The van der Waals surface area contributed by atoms with Crippen molar-refractivity contribution in [1.29, 1.82) is 0 Å². The molecule has 0 saturated carbocycles. The molecule has 0 aliphatic carbocycles. The maximum atomic E-state index is 4.05. The van der Waals surface area contributed by atoms with Crippen LogP contribution < -0.4 is 0 Å². The van der Waals surface area contributed by atoms with Crippen LogP contribution in [-0.4, -0.2) is 4.98 Å². The molecule has 1 rings (SSSR count). The van der Waals surface area contributed by atoms with Crippen LogP contribution in [-0.2, 0) is 0 Å². The second kappa shape index (κ2) is 4.94. The first-order chi connectivity index (χ1) is 4.29. The number of hydrogen-bond donors (Lipinski definition) is 0. The van der Waals surface area contributed by atoms with Gasteiger partial charge in [-0.3, -0.25) is 0 Å². The molecule has 9 heavy (non-hydrogen) atoms. The lowest BCUT2D eigenvalue weighted by atomic mass is 10.6. The van der Waals surface area contributed by atoms with E-state index in [0.717, 1.165) is 9.61 Å². The number of thiazole rings is 1. The highest BCUT2D eigenvalue weighted by Gasteiger charge is 1.88. The molecular weight excluding hydrogens is 198 g/mol. The van der Waals surface area contributed by atoms with Crippen molar-refractivity contribution in [3.8, 4) is 0 Å². The van der Waals surface area contributed by atoms with Crippen molar-refractivity contribution in [3.05, 3.63) is 15.0 Å². The molecule has 0 aliphatic heterocycles. The zero-order valence-corrected chi connectivity index (χ0v) is 8.21. The Bertz CT molecular complexity index is 145. The summed E-state index contributed by atoms with van der Waals surface area (Å²) in [6.07, 6.45) is 0. The predicted molar refractivity (Wildman–Crippen MR) is 45.9 cm³/mol. The van der Waals surface area contributed by atoms with Crippen LogP contribution in [0.25, 0.3) is 0 Å². The molecule has 1 aromatic heterocycles. The molecule has 0 aromatic carbocycles. The summed E-state index contributed by atoms with van der Waals surface area (Å²) in [6.45, 7) is 5.97. The number of halogens is 1. The largest absolute Gasteiger partial charge is 0.234 e. The van der Waals surface area contributed by atoms with Crippen molar-refractivity contribution >= 4 is 27.3 Å². The standard InChI is InChI=1S/C4H4BrNS.C2H6/c1-3-2-7-4(5)6-3;1-2/h2H,1H3;1-2H3. The number of rotatable bonds is 0. The molecule has 0 aliphatic rings. The Labute approximate surface area is 68.3 Å². The molecule has 1 aromatic rings. The number of nitrogens with zero attached hydrogens (tertiary/aromatic N) is 1. The molecule has 1 nitrogen and oxygen atoms in total. The minimum absolute atomic E-state index is 0.963. The summed E-state index contributed by atoms with van der Waals surface area (Å²) in [6, 6.07) is 0. The molecule has 0 amide bonds. The van der Waals surface area contributed by atoms with E-state index in [1.54, 1.807) is 11.3 Å². The van der Waals surface area contributed by atoms with E-state index in [2.05, 4.69) is 20.9 Å². The van der Waals surface area contributed by atoms with Crippen LogP contribution in [0.15, 0.2) is 9.30 Å². The highest BCUT2D eigenvalue weighted by molar-refractivity contribution is 9.11. The first kappa shape index (κ1) is 9.11. The third-order valence-electron chi connectivity index (χ3n) is 0.591. The molecule has 1 heterocycles.